The van der Waals surface area contributed by atoms with Gasteiger partial charge in [-0.25, -0.2) is 4.79 Å². The Balaban J connectivity index is 0.000000396. The van der Waals surface area contributed by atoms with Crippen LogP contribution in [0.3, 0.4) is 0 Å². The lowest BCUT2D eigenvalue weighted by Gasteiger charge is -1.99. The summed E-state index contributed by atoms with van der Waals surface area (Å²) >= 11 is 4.24. The van der Waals surface area contributed by atoms with E-state index in [2.05, 4.69) is 37.2 Å². The molecule has 0 spiro atoms. The van der Waals surface area contributed by atoms with Crippen LogP contribution in [0.15, 0.2) is 24.3 Å². The average Bonchev–Trinajstić information content (AvgIpc) is 2.47. The predicted molar refractivity (Wildman–Crippen MR) is 68.3 cm³/mol. The lowest BCUT2D eigenvalue weighted by atomic mass is 10.1. The van der Waals surface area contributed by atoms with E-state index < -0.39 is 0 Å². The van der Waals surface area contributed by atoms with Gasteiger partial charge in [-0.15, -0.1) is 0 Å². The maximum atomic E-state index is 11.1. The van der Waals surface area contributed by atoms with Gasteiger partial charge in [0.15, 0.2) is 0 Å². The Morgan fingerprint density at radius 3 is 2.54 bits per heavy atom. The molecule has 13 heavy (non-hydrogen) atoms. The van der Waals surface area contributed by atoms with Crippen molar-refractivity contribution in [3.8, 4) is 0 Å². The van der Waals surface area contributed by atoms with Crippen molar-refractivity contribution in [2.75, 3.05) is 0 Å². The fourth-order valence-corrected chi connectivity index (χ4v) is 1.32. The van der Waals surface area contributed by atoms with Crippen LogP contribution in [0.5, 0.6) is 0 Å². The Hall–Kier alpha value is 0.150. The molecule has 70 valence electrons. The minimum absolute atomic E-state index is 0.0706. The summed E-state index contributed by atoms with van der Waals surface area (Å²) < 4.78 is 4.99. The largest absolute Gasteiger partial charge is 0.454 e. The van der Waals surface area contributed by atoms with Crippen molar-refractivity contribution in [3.05, 3.63) is 35.4 Å². The monoisotopic (exact) mass is 402 g/mol. The highest BCUT2D eigenvalue weighted by Gasteiger charge is 2.26. The lowest BCUT2D eigenvalue weighted by Crippen LogP contribution is -1.93. The minimum Gasteiger partial charge on any atom is -0.454 e. The van der Waals surface area contributed by atoms with Gasteiger partial charge in [-0.05, 0) is 13.0 Å². The van der Waals surface area contributed by atoms with Gasteiger partial charge in [-0.3, -0.25) is 0 Å². The number of halogens is 2. The molecule has 0 fully saturated rings. The van der Waals surface area contributed by atoms with Gasteiger partial charge >= 0.3 is 5.97 Å². The summed E-state index contributed by atoms with van der Waals surface area (Å²) in [5, 5.41) is 0. The third-order valence-electron chi connectivity index (χ3n) is 1.90. The Morgan fingerprint density at radius 1 is 1.31 bits per heavy atom. The number of rotatable bonds is 0. The number of esters is 1. The van der Waals surface area contributed by atoms with Crippen LogP contribution in [0.25, 0.3) is 0 Å². The fraction of sp³-hybridized carbons (Fsp3) is 0.222. The molecule has 1 unspecified atom stereocenters. The van der Waals surface area contributed by atoms with Crippen LogP contribution in [0.4, 0.5) is 0 Å². The van der Waals surface area contributed by atoms with E-state index in [1.807, 2.05) is 25.1 Å². The van der Waals surface area contributed by atoms with Crippen molar-refractivity contribution in [1.82, 2.24) is 0 Å². The normalized spacial score (nSPS) is 18.4. The van der Waals surface area contributed by atoms with Crippen molar-refractivity contribution < 1.29 is 9.53 Å². The maximum absolute atomic E-state index is 11.1. The van der Waals surface area contributed by atoms with Crippen molar-refractivity contribution in [1.29, 1.82) is 0 Å². The fourth-order valence-electron chi connectivity index (χ4n) is 1.32. The summed E-state index contributed by atoms with van der Waals surface area (Å²) in [5.74, 6) is -0.201. The van der Waals surface area contributed by atoms with Crippen LogP contribution in [0.2, 0.25) is 0 Å². The van der Waals surface area contributed by atoms with Gasteiger partial charge in [0, 0.05) is 42.8 Å². The molecule has 0 bridgehead atoms. The first-order chi connectivity index (χ1) is 6.29. The first-order valence-electron chi connectivity index (χ1n) is 3.73. The van der Waals surface area contributed by atoms with Crippen molar-refractivity contribution in [2.24, 2.45) is 0 Å². The second-order valence-corrected chi connectivity index (χ2v) is 2.63. The number of ether oxygens (including phenoxy) is 1. The quantitative estimate of drug-likeness (QED) is 0.489. The topological polar surface area (TPSA) is 26.3 Å². The molecule has 1 aromatic carbocycles. The molecule has 2 rings (SSSR count). The number of cyclic esters (lactones) is 1. The van der Waals surface area contributed by atoms with E-state index >= 15 is 0 Å². The first-order valence-corrected chi connectivity index (χ1v) is 10.0. The van der Waals surface area contributed by atoms with Crippen molar-refractivity contribution in [3.63, 3.8) is 0 Å². The number of fused-ring (bicyclic) bond motifs is 1. The molecule has 0 aromatic heterocycles. The molecule has 1 aliphatic heterocycles. The Bertz CT molecular complexity index is 312. The highest BCUT2D eigenvalue weighted by Crippen LogP contribution is 2.29. The summed E-state index contributed by atoms with van der Waals surface area (Å²) in [5.41, 5.74) is 1.71. The summed E-state index contributed by atoms with van der Waals surface area (Å²) in [4.78, 5) is 11.1. The SMILES string of the molecule is CC1OC(=O)c2ccccc21.II. The van der Waals surface area contributed by atoms with E-state index in [-0.39, 0.29) is 12.1 Å². The van der Waals surface area contributed by atoms with E-state index in [0.29, 0.717) is 5.56 Å². The van der Waals surface area contributed by atoms with Gasteiger partial charge in [-0.1, -0.05) is 18.2 Å². The highest BCUT2D eigenvalue weighted by molar-refractivity contribution is 15.0. The standard InChI is InChI=1S/C9H8O2.I2/c1-6-7-4-2-3-5-8(7)9(10)11-6;1-2/h2-6H,1H3;. The summed E-state index contributed by atoms with van der Waals surface area (Å²) in [6, 6.07) is 7.47. The molecule has 0 saturated heterocycles. The third kappa shape index (κ3) is 2.34. The van der Waals surface area contributed by atoms with E-state index in [1.165, 1.54) is 0 Å². The van der Waals surface area contributed by atoms with Crippen LogP contribution in [0.1, 0.15) is 28.9 Å². The second kappa shape index (κ2) is 5.14. The minimum atomic E-state index is -0.201. The van der Waals surface area contributed by atoms with E-state index in [1.54, 1.807) is 6.07 Å². The van der Waals surface area contributed by atoms with Gasteiger partial charge in [0.1, 0.15) is 6.10 Å². The Kier molecular flexibility index (Phi) is 4.43. The number of hydrogen-bond donors (Lipinski definition) is 0. The molecule has 2 nitrogen and oxygen atoms in total. The molecule has 1 aliphatic rings. The predicted octanol–water partition coefficient (Wildman–Crippen LogP) is 3.69. The molecule has 0 N–H and O–H groups in total. The molecule has 0 aliphatic carbocycles. The number of carbonyl (C=O) groups is 1. The van der Waals surface area contributed by atoms with Crippen molar-refractivity contribution >= 4 is 43.2 Å². The van der Waals surface area contributed by atoms with E-state index in [9.17, 15) is 4.79 Å². The summed E-state index contributed by atoms with van der Waals surface area (Å²) in [6.45, 7) is 1.88. The Labute approximate surface area is 100 Å². The zero-order valence-electron chi connectivity index (χ0n) is 6.96. The van der Waals surface area contributed by atoms with Gasteiger partial charge in [0.05, 0.1) is 5.56 Å². The molecule has 1 heterocycles. The third-order valence-corrected chi connectivity index (χ3v) is 1.90. The first kappa shape index (κ1) is 11.2. The molecule has 0 amide bonds. The van der Waals surface area contributed by atoms with E-state index in [0.717, 1.165) is 5.56 Å². The summed E-state index contributed by atoms with van der Waals surface area (Å²) in [7, 11) is 0. The maximum Gasteiger partial charge on any atom is 0.339 e. The smallest absolute Gasteiger partial charge is 0.339 e. The molecule has 0 radical (unpaired) electrons. The van der Waals surface area contributed by atoms with Gasteiger partial charge < -0.3 is 4.74 Å². The zero-order valence-corrected chi connectivity index (χ0v) is 11.3. The average molecular weight is 402 g/mol. The highest BCUT2D eigenvalue weighted by atomic mass is 128. The molecule has 0 saturated carbocycles. The van der Waals surface area contributed by atoms with Crippen LogP contribution < -0.4 is 0 Å². The van der Waals surface area contributed by atoms with E-state index in [4.69, 9.17) is 4.74 Å². The molecule has 4 heteroatoms. The second-order valence-electron chi connectivity index (χ2n) is 2.63. The summed E-state index contributed by atoms with van der Waals surface area (Å²) in [6.07, 6.45) is -0.0706. The molecule has 1 atom stereocenters. The van der Waals surface area contributed by atoms with Crippen LogP contribution in [0, 0.1) is 0 Å². The zero-order chi connectivity index (χ0) is 9.84. The Morgan fingerprint density at radius 2 is 1.92 bits per heavy atom. The van der Waals surface area contributed by atoms with Gasteiger partial charge in [0.25, 0.3) is 0 Å². The number of benzene rings is 1. The molecule has 1 aromatic rings. The molecular weight excluding hydrogens is 394 g/mol. The lowest BCUT2D eigenvalue weighted by molar-refractivity contribution is 0.0422. The van der Waals surface area contributed by atoms with Crippen LogP contribution in [-0.4, -0.2) is 5.97 Å². The van der Waals surface area contributed by atoms with Gasteiger partial charge in [0.2, 0.25) is 0 Å². The number of hydrogen-bond acceptors (Lipinski definition) is 2. The van der Waals surface area contributed by atoms with Crippen molar-refractivity contribution in [2.45, 2.75) is 13.0 Å². The van der Waals surface area contributed by atoms with Crippen LogP contribution >= 0.6 is 37.2 Å². The number of carbonyl (C=O) groups excluding carboxylic acids is 1. The van der Waals surface area contributed by atoms with Gasteiger partial charge in [-0.2, -0.15) is 0 Å². The molecular formula is C9H8I2O2. The van der Waals surface area contributed by atoms with Crippen LogP contribution in [-0.2, 0) is 4.74 Å².